The minimum atomic E-state index is -4.79. The highest BCUT2D eigenvalue weighted by atomic mass is 35.5. The van der Waals surface area contributed by atoms with E-state index in [-0.39, 0.29) is 5.56 Å². The maximum Gasteiger partial charge on any atom is 0.573 e. The maximum atomic E-state index is 12.0. The van der Waals surface area contributed by atoms with Crippen LogP contribution >= 0.6 is 11.6 Å². The molecule has 1 aromatic carbocycles. The highest BCUT2D eigenvalue weighted by Crippen LogP contribution is 2.28. The van der Waals surface area contributed by atoms with Gasteiger partial charge < -0.3 is 9.47 Å². The summed E-state index contributed by atoms with van der Waals surface area (Å²) < 4.78 is 43.9. The smallest absolute Gasteiger partial charge is 0.468 e. The Morgan fingerprint density at radius 1 is 1.41 bits per heavy atom. The molecule has 0 saturated heterocycles. The number of ether oxygens (including phenoxy) is 2. The second-order valence-electron chi connectivity index (χ2n) is 3.01. The summed E-state index contributed by atoms with van der Waals surface area (Å²) in [6.07, 6.45) is -4.79. The molecular formula is C10H8ClF3O3. The summed E-state index contributed by atoms with van der Waals surface area (Å²) in [4.78, 5) is 11.1. The van der Waals surface area contributed by atoms with Gasteiger partial charge in [0.1, 0.15) is 5.75 Å². The number of carbonyl (C=O) groups is 1. The molecule has 0 radical (unpaired) electrons. The highest BCUT2D eigenvalue weighted by Gasteiger charge is 2.31. The topological polar surface area (TPSA) is 35.5 Å². The van der Waals surface area contributed by atoms with Gasteiger partial charge >= 0.3 is 12.3 Å². The van der Waals surface area contributed by atoms with Crippen LogP contribution in [0.3, 0.4) is 0 Å². The quantitative estimate of drug-likeness (QED) is 0.624. The van der Waals surface area contributed by atoms with Crippen LogP contribution in [0, 0.1) is 0 Å². The number of alkyl halides is 4. The molecule has 3 nitrogen and oxygen atoms in total. The van der Waals surface area contributed by atoms with Gasteiger partial charge in [0.15, 0.2) is 5.38 Å². The molecule has 0 N–H and O–H groups in total. The van der Waals surface area contributed by atoms with Crippen LogP contribution in [0.1, 0.15) is 10.9 Å². The Morgan fingerprint density at radius 2 is 2.06 bits per heavy atom. The van der Waals surface area contributed by atoms with Gasteiger partial charge in [-0.15, -0.1) is 24.8 Å². The lowest BCUT2D eigenvalue weighted by Crippen LogP contribution is -2.17. The molecule has 0 aliphatic carbocycles. The SMILES string of the molecule is COC(=O)C(Cl)c1cccc(OC(F)(F)F)c1. The van der Waals surface area contributed by atoms with E-state index in [9.17, 15) is 18.0 Å². The molecule has 0 heterocycles. The summed E-state index contributed by atoms with van der Waals surface area (Å²) in [5.74, 6) is -1.19. The van der Waals surface area contributed by atoms with Crippen LogP contribution in [0.15, 0.2) is 24.3 Å². The Morgan fingerprint density at radius 3 is 2.59 bits per heavy atom. The third kappa shape index (κ3) is 4.14. The zero-order valence-corrected chi connectivity index (χ0v) is 9.38. The minimum Gasteiger partial charge on any atom is -0.468 e. The molecule has 1 aromatic rings. The summed E-state index contributed by atoms with van der Waals surface area (Å²) in [6, 6.07) is 4.84. The van der Waals surface area contributed by atoms with Gasteiger partial charge in [-0.1, -0.05) is 12.1 Å². The van der Waals surface area contributed by atoms with E-state index in [0.29, 0.717) is 0 Å². The van der Waals surface area contributed by atoms with Crippen LogP contribution < -0.4 is 4.74 Å². The van der Waals surface area contributed by atoms with E-state index >= 15 is 0 Å². The number of carbonyl (C=O) groups excluding carboxylic acids is 1. The molecule has 0 aliphatic rings. The second kappa shape index (κ2) is 5.27. The predicted molar refractivity (Wildman–Crippen MR) is 53.7 cm³/mol. The third-order valence-electron chi connectivity index (χ3n) is 1.79. The lowest BCUT2D eigenvalue weighted by atomic mass is 10.1. The third-order valence-corrected chi connectivity index (χ3v) is 2.22. The van der Waals surface area contributed by atoms with E-state index in [1.807, 2.05) is 0 Å². The van der Waals surface area contributed by atoms with Crippen molar-refractivity contribution in [1.29, 1.82) is 0 Å². The van der Waals surface area contributed by atoms with Crippen molar-refractivity contribution < 1.29 is 27.4 Å². The molecule has 0 aliphatic heterocycles. The zero-order chi connectivity index (χ0) is 13.1. The van der Waals surface area contributed by atoms with Crippen molar-refractivity contribution in [3.63, 3.8) is 0 Å². The predicted octanol–water partition coefficient (Wildman–Crippen LogP) is 3.04. The Hall–Kier alpha value is -1.43. The maximum absolute atomic E-state index is 12.0. The van der Waals surface area contributed by atoms with Crippen molar-refractivity contribution in [2.75, 3.05) is 7.11 Å². The molecule has 1 unspecified atom stereocenters. The molecule has 0 amide bonds. The van der Waals surface area contributed by atoms with E-state index in [4.69, 9.17) is 11.6 Å². The number of halogens is 4. The van der Waals surface area contributed by atoms with E-state index in [1.54, 1.807) is 0 Å². The van der Waals surface area contributed by atoms with Gasteiger partial charge in [0.05, 0.1) is 7.11 Å². The van der Waals surface area contributed by atoms with Crippen LogP contribution in [0.5, 0.6) is 5.75 Å². The molecule has 0 saturated carbocycles. The Kier molecular flexibility index (Phi) is 4.22. The first-order chi connectivity index (χ1) is 7.83. The number of methoxy groups -OCH3 is 1. The normalized spacial score (nSPS) is 13.0. The summed E-state index contributed by atoms with van der Waals surface area (Å²) in [6.45, 7) is 0. The standard InChI is InChI=1S/C10H8ClF3O3/c1-16-9(15)8(11)6-3-2-4-7(5-6)17-10(12,13)14/h2-5,8H,1H3. The summed E-state index contributed by atoms with van der Waals surface area (Å²) in [5.41, 5.74) is 0.167. The van der Waals surface area contributed by atoms with Crippen LogP contribution in [0.25, 0.3) is 0 Å². The number of hydrogen-bond acceptors (Lipinski definition) is 3. The molecule has 7 heteroatoms. The fourth-order valence-electron chi connectivity index (χ4n) is 1.11. The van der Waals surface area contributed by atoms with Gasteiger partial charge in [0.2, 0.25) is 0 Å². The van der Waals surface area contributed by atoms with Crippen molar-refractivity contribution in [2.24, 2.45) is 0 Å². The first-order valence-corrected chi connectivity index (χ1v) is 4.85. The molecule has 0 fully saturated rings. The lowest BCUT2D eigenvalue weighted by Gasteiger charge is -2.11. The first kappa shape index (κ1) is 13.6. The fraction of sp³-hybridized carbons (Fsp3) is 0.300. The van der Waals surface area contributed by atoms with Gasteiger partial charge in [-0.05, 0) is 17.7 Å². The molecule has 0 bridgehead atoms. The Labute approximate surface area is 100 Å². The second-order valence-corrected chi connectivity index (χ2v) is 3.44. The number of rotatable bonds is 3. The van der Waals surface area contributed by atoms with E-state index in [0.717, 1.165) is 19.2 Å². The first-order valence-electron chi connectivity index (χ1n) is 4.41. The molecule has 0 aromatic heterocycles. The van der Waals surface area contributed by atoms with Gasteiger partial charge in [0.25, 0.3) is 0 Å². The number of esters is 1. The Balaban J connectivity index is 2.89. The van der Waals surface area contributed by atoms with Crippen molar-refractivity contribution >= 4 is 17.6 Å². The van der Waals surface area contributed by atoms with E-state index < -0.39 is 23.5 Å². The molecular weight excluding hydrogens is 261 g/mol. The minimum absolute atomic E-state index is 0.167. The zero-order valence-electron chi connectivity index (χ0n) is 8.62. The summed E-state index contributed by atoms with van der Waals surface area (Å²) in [5, 5.41) is -1.17. The monoisotopic (exact) mass is 268 g/mol. The van der Waals surface area contributed by atoms with Crippen molar-refractivity contribution in [2.45, 2.75) is 11.7 Å². The van der Waals surface area contributed by atoms with Crippen LogP contribution in [-0.2, 0) is 9.53 Å². The lowest BCUT2D eigenvalue weighted by molar-refractivity contribution is -0.274. The average Bonchev–Trinajstić information content (AvgIpc) is 2.25. The van der Waals surface area contributed by atoms with Crippen molar-refractivity contribution in [3.05, 3.63) is 29.8 Å². The molecule has 0 spiro atoms. The van der Waals surface area contributed by atoms with Gasteiger partial charge in [-0.25, -0.2) is 0 Å². The molecule has 1 atom stereocenters. The molecule has 1 rings (SSSR count). The highest BCUT2D eigenvalue weighted by molar-refractivity contribution is 6.29. The summed E-state index contributed by atoms with van der Waals surface area (Å²) in [7, 11) is 1.13. The number of benzene rings is 1. The van der Waals surface area contributed by atoms with Crippen molar-refractivity contribution in [1.82, 2.24) is 0 Å². The van der Waals surface area contributed by atoms with E-state index in [1.165, 1.54) is 12.1 Å². The van der Waals surface area contributed by atoms with Gasteiger partial charge in [-0.2, -0.15) is 0 Å². The molecule has 94 valence electrons. The van der Waals surface area contributed by atoms with Crippen molar-refractivity contribution in [3.8, 4) is 5.75 Å². The summed E-state index contributed by atoms with van der Waals surface area (Å²) >= 11 is 5.69. The van der Waals surface area contributed by atoms with Gasteiger partial charge in [0, 0.05) is 0 Å². The largest absolute Gasteiger partial charge is 0.573 e. The Bertz CT molecular complexity index is 406. The average molecular weight is 269 g/mol. The van der Waals surface area contributed by atoms with Crippen LogP contribution in [0.2, 0.25) is 0 Å². The van der Waals surface area contributed by atoms with E-state index in [2.05, 4.69) is 9.47 Å². The fourth-order valence-corrected chi connectivity index (χ4v) is 1.33. The van der Waals surface area contributed by atoms with Gasteiger partial charge in [-0.3, -0.25) is 4.79 Å². The number of hydrogen-bond donors (Lipinski definition) is 0. The van der Waals surface area contributed by atoms with Crippen LogP contribution in [-0.4, -0.2) is 19.4 Å². The molecule has 17 heavy (non-hydrogen) atoms. The van der Waals surface area contributed by atoms with Crippen LogP contribution in [0.4, 0.5) is 13.2 Å².